The Morgan fingerprint density at radius 2 is 2.11 bits per heavy atom. The van der Waals surface area contributed by atoms with Crippen LogP contribution in [0.4, 0.5) is 0 Å². The topological polar surface area (TPSA) is 62.6 Å². The largest absolute Gasteiger partial charge is 0.347 e. The van der Waals surface area contributed by atoms with Crippen LogP contribution >= 0.6 is 11.6 Å². The molecule has 0 spiro atoms. The van der Waals surface area contributed by atoms with E-state index in [0.717, 1.165) is 17.0 Å². The minimum atomic E-state index is -0.0420. The second-order valence-electron chi connectivity index (χ2n) is 4.61. The first-order chi connectivity index (χ1) is 9.13. The molecule has 0 radical (unpaired) electrons. The van der Waals surface area contributed by atoms with E-state index < -0.39 is 0 Å². The maximum absolute atomic E-state index is 11.8. The van der Waals surface area contributed by atoms with Crippen LogP contribution in [0, 0.1) is 0 Å². The van der Waals surface area contributed by atoms with Crippen molar-refractivity contribution in [2.24, 2.45) is 0 Å². The molecule has 0 saturated carbocycles. The number of hydrogen-bond donors (Lipinski definition) is 3. The molecule has 1 atom stereocenters. The molecule has 1 aliphatic heterocycles. The van der Waals surface area contributed by atoms with Gasteiger partial charge in [0.25, 0.3) is 11.8 Å². The lowest BCUT2D eigenvalue weighted by molar-refractivity contribution is -0.885. The van der Waals surface area contributed by atoms with Crippen molar-refractivity contribution in [1.29, 1.82) is 0 Å². The zero-order valence-electron chi connectivity index (χ0n) is 10.5. The first-order valence-electron chi connectivity index (χ1n) is 6.25. The van der Waals surface area contributed by atoms with Gasteiger partial charge in [-0.25, -0.2) is 0 Å². The van der Waals surface area contributed by atoms with Gasteiger partial charge in [-0.15, -0.1) is 0 Å². The molecule has 6 heteroatoms. The van der Waals surface area contributed by atoms with E-state index in [-0.39, 0.29) is 11.8 Å². The third-order valence-electron chi connectivity index (χ3n) is 3.02. The minimum Gasteiger partial charge on any atom is -0.347 e. The first-order valence-corrected chi connectivity index (χ1v) is 6.62. The van der Waals surface area contributed by atoms with Gasteiger partial charge in [0.2, 0.25) is 0 Å². The van der Waals surface area contributed by atoms with Crippen LogP contribution < -0.4 is 15.5 Å². The third kappa shape index (κ3) is 4.54. The van der Waals surface area contributed by atoms with Gasteiger partial charge < -0.3 is 15.5 Å². The van der Waals surface area contributed by atoms with E-state index in [0.29, 0.717) is 31.2 Å². The van der Waals surface area contributed by atoms with Gasteiger partial charge in [-0.05, 0) is 17.7 Å². The molecule has 1 fully saturated rings. The molecule has 102 valence electrons. The fourth-order valence-corrected chi connectivity index (χ4v) is 2.13. The Balaban J connectivity index is 1.75. The standard InChI is InChI=1S/C13H16ClN3O2/c14-11-3-1-10(2-4-11)7-16-13(19)9-17-6-5-15-12(18)8-17/h1-4H,5-9H2,(H,15,18)(H,16,19)/p+1. The van der Waals surface area contributed by atoms with Gasteiger partial charge in [-0.2, -0.15) is 0 Å². The van der Waals surface area contributed by atoms with E-state index in [4.69, 9.17) is 11.6 Å². The summed E-state index contributed by atoms with van der Waals surface area (Å²) in [6, 6.07) is 7.35. The first kappa shape index (κ1) is 13.8. The van der Waals surface area contributed by atoms with Gasteiger partial charge in [0.15, 0.2) is 13.1 Å². The zero-order chi connectivity index (χ0) is 13.7. The van der Waals surface area contributed by atoms with Crippen molar-refractivity contribution in [1.82, 2.24) is 10.6 Å². The predicted octanol–water partition coefficient (Wildman–Crippen LogP) is -1.03. The van der Waals surface area contributed by atoms with E-state index in [1.54, 1.807) is 12.1 Å². The van der Waals surface area contributed by atoms with Crippen molar-refractivity contribution >= 4 is 23.4 Å². The normalized spacial score (nSPS) is 18.8. The lowest BCUT2D eigenvalue weighted by atomic mass is 10.2. The number of amides is 2. The summed E-state index contributed by atoms with van der Waals surface area (Å²) in [7, 11) is 0. The highest BCUT2D eigenvalue weighted by Gasteiger charge is 2.21. The Bertz CT molecular complexity index is 461. The van der Waals surface area contributed by atoms with Crippen LogP contribution in [0.25, 0.3) is 0 Å². The number of benzene rings is 1. The van der Waals surface area contributed by atoms with Crippen molar-refractivity contribution in [3.63, 3.8) is 0 Å². The predicted molar refractivity (Wildman–Crippen MR) is 71.9 cm³/mol. The molecule has 0 aromatic heterocycles. The summed E-state index contributed by atoms with van der Waals surface area (Å²) in [4.78, 5) is 24.0. The van der Waals surface area contributed by atoms with Crippen LogP contribution in [-0.4, -0.2) is 38.0 Å². The average Bonchev–Trinajstić information content (AvgIpc) is 2.38. The van der Waals surface area contributed by atoms with Crippen LogP contribution in [0.1, 0.15) is 5.56 Å². The highest BCUT2D eigenvalue weighted by Crippen LogP contribution is 2.08. The fourth-order valence-electron chi connectivity index (χ4n) is 2.00. The second-order valence-corrected chi connectivity index (χ2v) is 5.04. The molecule has 1 aromatic carbocycles. The lowest BCUT2D eigenvalue weighted by Crippen LogP contribution is -3.16. The van der Waals surface area contributed by atoms with Crippen molar-refractivity contribution < 1.29 is 14.5 Å². The van der Waals surface area contributed by atoms with Crippen molar-refractivity contribution in [2.75, 3.05) is 26.2 Å². The number of carbonyl (C=O) groups excluding carboxylic acids is 2. The number of carbonyl (C=O) groups is 2. The third-order valence-corrected chi connectivity index (χ3v) is 3.28. The Labute approximate surface area is 116 Å². The zero-order valence-corrected chi connectivity index (χ0v) is 11.3. The van der Waals surface area contributed by atoms with Gasteiger partial charge in [0.05, 0.1) is 13.1 Å². The average molecular weight is 283 g/mol. The molecular weight excluding hydrogens is 266 g/mol. The molecule has 5 nitrogen and oxygen atoms in total. The maximum Gasteiger partial charge on any atom is 0.275 e. The molecule has 0 bridgehead atoms. The Kier molecular flexibility index (Phi) is 4.76. The van der Waals surface area contributed by atoms with Gasteiger partial charge in [0, 0.05) is 11.6 Å². The van der Waals surface area contributed by atoms with Crippen molar-refractivity contribution in [3.05, 3.63) is 34.9 Å². The van der Waals surface area contributed by atoms with Gasteiger partial charge in [0.1, 0.15) is 0 Å². The molecule has 1 heterocycles. The smallest absolute Gasteiger partial charge is 0.275 e. The highest BCUT2D eigenvalue weighted by molar-refractivity contribution is 6.30. The second kappa shape index (κ2) is 6.54. The number of piperazine rings is 1. The summed E-state index contributed by atoms with van der Waals surface area (Å²) < 4.78 is 0. The van der Waals surface area contributed by atoms with Gasteiger partial charge in [-0.3, -0.25) is 9.59 Å². The number of hydrogen-bond acceptors (Lipinski definition) is 2. The van der Waals surface area contributed by atoms with Gasteiger partial charge in [-0.1, -0.05) is 23.7 Å². The van der Waals surface area contributed by atoms with Gasteiger partial charge >= 0.3 is 0 Å². The molecule has 2 amide bonds. The van der Waals surface area contributed by atoms with Crippen LogP contribution in [0.2, 0.25) is 5.02 Å². The SMILES string of the molecule is O=C1C[NH+](CC(=O)NCc2ccc(Cl)cc2)CCN1. The van der Waals surface area contributed by atoms with Crippen LogP contribution in [0.15, 0.2) is 24.3 Å². The number of nitrogens with one attached hydrogen (secondary N) is 3. The molecule has 1 unspecified atom stereocenters. The molecule has 0 aliphatic carbocycles. The summed E-state index contributed by atoms with van der Waals surface area (Å²) in [5, 5.41) is 6.27. The summed E-state index contributed by atoms with van der Waals surface area (Å²) in [6.45, 7) is 2.61. The van der Waals surface area contributed by atoms with Crippen LogP contribution in [0.3, 0.4) is 0 Å². The molecule has 1 saturated heterocycles. The Morgan fingerprint density at radius 1 is 1.37 bits per heavy atom. The Morgan fingerprint density at radius 3 is 2.79 bits per heavy atom. The van der Waals surface area contributed by atoms with E-state index >= 15 is 0 Å². The van der Waals surface area contributed by atoms with Crippen LogP contribution in [-0.2, 0) is 16.1 Å². The maximum atomic E-state index is 11.8. The number of rotatable bonds is 4. The van der Waals surface area contributed by atoms with Crippen molar-refractivity contribution in [3.8, 4) is 0 Å². The highest BCUT2D eigenvalue weighted by atomic mass is 35.5. The molecule has 19 heavy (non-hydrogen) atoms. The molecule has 1 aromatic rings. The summed E-state index contributed by atoms with van der Waals surface area (Å²) >= 11 is 5.79. The monoisotopic (exact) mass is 282 g/mol. The van der Waals surface area contributed by atoms with Crippen LogP contribution in [0.5, 0.6) is 0 Å². The quantitative estimate of drug-likeness (QED) is 0.661. The molecule has 1 aliphatic rings. The van der Waals surface area contributed by atoms with E-state index in [9.17, 15) is 9.59 Å². The summed E-state index contributed by atoms with van der Waals surface area (Å²) in [5.74, 6) is -0.0357. The number of quaternary nitrogens is 1. The molecule has 2 rings (SSSR count). The molecular formula is C13H17ClN3O2+. The van der Waals surface area contributed by atoms with Crippen molar-refractivity contribution in [2.45, 2.75) is 6.54 Å². The van der Waals surface area contributed by atoms with E-state index in [1.165, 1.54) is 0 Å². The fraction of sp³-hybridized carbons (Fsp3) is 0.385. The van der Waals surface area contributed by atoms with E-state index in [1.807, 2.05) is 12.1 Å². The minimum absolute atomic E-state index is 0.00625. The number of halogens is 1. The summed E-state index contributed by atoms with van der Waals surface area (Å²) in [5.41, 5.74) is 1.00. The summed E-state index contributed by atoms with van der Waals surface area (Å²) in [6.07, 6.45) is 0. The van der Waals surface area contributed by atoms with E-state index in [2.05, 4.69) is 10.6 Å². The Hall–Kier alpha value is -1.59. The lowest BCUT2D eigenvalue weighted by Gasteiger charge is -2.22. The molecule has 3 N–H and O–H groups in total.